The molecule has 0 bridgehead atoms. The van der Waals surface area contributed by atoms with Gasteiger partial charge in [0.05, 0.1) is 12.7 Å². The second kappa shape index (κ2) is 6.70. The first-order valence-corrected chi connectivity index (χ1v) is 6.64. The van der Waals surface area contributed by atoms with Crippen molar-refractivity contribution in [1.29, 1.82) is 0 Å². The maximum Gasteiger partial charge on any atom is 0.416 e. The summed E-state index contributed by atoms with van der Waals surface area (Å²) in [6, 6.07) is 10.1. The Morgan fingerprint density at radius 3 is 2.36 bits per heavy atom. The zero-order chi connectivity index (χ0) is 16.2. The zero-order valence-electron chi connectivity index (χ0n) is 12.0. The van der Waals surface area contributed by atoms with Gasteiger partial charge in [-0.25, -0.2) is 0 Å². The number of nitrogens with two attached hydrogens (primary N) is 1. The van der Waals surface area contributed by atoms with Crippen molar-refractivity contribution in [3.05, 3.63) is 48.0 Å². The van der Waals surface area contributed by atoms with E-state index >= 15 is 0 Å². The first-order valence-electron chi connectivity index (χ1n) is 6.64. The third kappa shape index (κ3) is 3.71. The molecule has 0 saturated heterocycles. The summed E-state index contributed by atoms with van der Waals surface area (Å²) in [4.78, 5) is 0. The quantitative estimate of drug-likeness (QED) is 0.915. The van der Waals surface area contributed by atoms with Crippen LogP contribution in [0.25, 0.3) is 11.1 Å². The fourth-order valence-corrected chi connectivity index (χ4v) is 2.01. The Balaban J connectivity index is 2.37. The second-order valence-electron chi connectivity index (χ2n) is 4.58. The van der Waals surface area contributed by atoms with Gasteiger partial charge in [-0.2, -0.15) is 13.2 Å². The minimum absolute atomic E-state index is 0.333. The van der Waals surface area contributed by atoms with Gasteiger partial charge in [0.2, 0.25) is 0 Å². The molecule has 0 amide bonds. The molecule has 2 N–H and O–H groups in total. The molecule has 0 aliphatic carbocycles. The highest BCUT2D eigenvalue weighted by atomic mass is 19.4. The van der Waals surface area contributed by atoms with Crippen LogP contribution in [0.5, 0.6) is 11.5 Å². The molecule has 0 aromatic heterocycles. The van der Waals surface area contributed by atoms with Gasteiger partial charge < -0.3 is 15.2 Å². The van der Waals surface area contributed by atoms with Crippen molar-refractivity contribution in [3.8, 4) is 22.6 Å². The van der Waals surface area contributed by atoms with Gasteiger partial charge in [0, 0.05) is 6.54 Å². The van der Waals surface area contributed by atoms with Crippen molar-refractivity contribution < 1.29 is 22.6 Å². The van der Waals surface area contributed by atoms with Gasteiger partial charge in [-0.05, 0) is 35.4 Å². The highest BCUT2D eigenvalue weighted by Crippen LogP contribution is 2.35. The molecule has 0 spiro atoms. The molecule has 0 unspecified atom stereocenters. The van der Waals surface area contributed by atoms with Crippen LogP contribution in [0, 0.1) is 0 Å². The van der Waals surface area contributed by atoms with Crippen LogP contribution in [0.4, 0.5) is 13.2 Å². The van der Waals surface area contributed by atoms with Crippen LogP contribution >= 0.6 is 0 Å². The van der Waals surface area contributed by atoms with Gasteiger partial charge >= 0.3 is 6.18 Å². The number of methoxy groups -OCH3 is 1. The molecule has 0 atom stereocenters. The molecule has 2 aromatic rings. The van der Waals surface area contributed by atoms with Gasteiger partial charge in [-0.1, -0.05) is 18.2 Å². The third-order valence-corrected chi connectivity index (χ3v) is 3.06. The van der Waals surface area contributed by atoms with Gasteiger partial charge in [0.15, 0.2) is 11.5 Å². The molecule has 0 aliphatic heterocycles. The topological polar surface area (TPSA) is 44.5 Å². The number of ether oxygens (including phenoxy) is 2. The molecule has 118 valence electrons. The first-order chi connectivity index (χ1) is 10.5. The Labute approximate surface area is 126 Å². The summed E-state index contributed by atoms with van der Waals surface area (Å²) in [7, 11) is 1.47. The van der Waals surface area contributed by atoms with Crippen molar-refractivity contribution in [2.75, 3.05) is 20.3 Å². The molecule has 0 aliphatic rings. The standard InChI is InChI=1S/C16H16F3NO2/c1-21-15-10-12(5-6-14(15)22-8-7-20)11-3-2-4-13(9-11)16(17,18)19/h2-6,9-10H,7-8,20H2,1H3. The molecule has 2 aromatic carbocycles. The largest absolute Gasteiger partial charge is 0.493 e. The van der Waals surface area contributed by atoms with E-state index in [9.17, 15) is 13.2 Å². The van der Waals surface area contributed by atoms with Crippen molar-refractivity contribution in [2.24, 2.45) is 5.73 Å². The molecule has 22 heavy (non-hydrogen) atoms. The van der Waals surface area contributed by atoms with E-state index < -0.39 is 11.7 Å². The fraction of sp³-hybridized carbons (Fsp3) is 0.250. The number of rotatable bonds is 5. The van der Waals surface area contributed by atoms with Crippen LogP contribution in [0.3, 0.4) is 0 Å². The molecule has 0 saturated carbocycles. The van der Waals surface area contributed by atoms with E-state index in [2.05, 4.69) is 0 Å². The fourth-order valence-electron chi connectivity index (χ4n) is 2.01. The average Bonchev–Trinajstić information content (AvgIpc) is 2.52. The van der Waals surface area contributed by atoms with Crippen molar-refractivity contribution in [2.45, 2.75) is 6.18 Å². The predicted molar refractivity (Wildman–Crippen MR) is 78.0 cm³/mol. The second-order valence-corrected chi connectivity index (χ2v) is 4.58. The first kappa shape index (κ1) is 16.2. The van der Waals surface area contributed by atoms with E-state index in [-0.39, 0.29) is 0 Å². The third-order valence-electron chi connectivity index (χ3n) is 3.06. The highest BCUT2D eigenvalue weighted by molar-refractivity contribution is 5.68. The van der Waals surface area contributed by atoms with Gasteiger partial charge in [-0.3, -0.25) is 0 Å². The van der Waals surface area contributed by atoms with Gasteiger partial charge in [-0.15, -0.1) is 0 Å². The lowest BCUT2D eigenvalue weighted by Crippen LogP contribution is -2.11. The molecule has 0 fully saturated rings. The van der Waals surface area contributed by atoms with Crippen molar-refractivity contribution >= 4 is 0 Å². The maximum absolute atomic E-state index is 12.8. The smallest absolute Gasteiger partial charge is 0.416 e. The minimum atomic E-state index is -4.37. The Kier molecular flexibility index (Phi) is 4.92. The molecule has 6 heteroatoms. The molecule has 2 rings (SSSR count). The highest BCUT2D eigenvalue weighted by Gasteiger charge is 2.30. The normalized spacial score (nSPS) is 11.3. The zero-order valence-corrected chi connectivity index (χ0v) is 12.0. The Bertz CT molecular complexity index is 642. The van der Waals surface area contributed by atoms with Gasteiger partial charge in [0.1, 0.15) is 6.61 Å². The minimum Gasteiger partial charge on any atom is -0.493 e. The summed E-state index contributed by atoms with van der Waals surface area (Å²) in [5, 5.41) is 0. The number of halogens is 3. The Morgan fingerprint density at radius 1 is 1.00 bits per heavy atom. The predicted octanol–water partition coefficient (Wildman–Crippen LogP) is 3.72. The van der Waals surface area contributed by atoms with Crippen LogP contribution in [0.15, 0.2) is 42.5 Å². The molecular weight excluding hydrogens is 295 g/mol. The van der Waals surface area contributed by atoms with E-state index in [4.69, 9.17) is 15.2 Å². The summed E-state index contributed by atoms with van der Waals surface area (Å²) in [5.74, 6) is 0.951. The lowest BCUT2D eigenvalue weighted by atomic mass is 10.0. The summed E-state index contributed by atoms with van der Waals surface area (Å²) < 4.78 is 49.0. The number of hydrogen-bond donors (Lipinski definition) is 1. The van der Waals surface area contributed by atoms with Crippen molar-refractivity contribution in [3.63, 3.8) is 0 Å². The van der Waals surface area contributed by atoms with Gasteiger partial charge in [0.25, 0.3) is 0 Å². The SMILES string of the molecule is COc1cc(-c2cccc(C(F)(F)F)c2)ccc1OCCN. The number of alkyl halides is 3. The summed E-state index contributed by atoms with van der Waals surface area (Å²) in [6.45, 7) is 0.692. The number of hydrogen-bond acceptors (Lipinski definition) is 3. The van der Waals surface area contributed by atoms with E-state index in [0.29, 0.717) is 35.8 Å². The number of benzene rings is 2. The van der Waals surface area contributed by atoms with E-state index in [1.165, 1.54) is 13.2 Å². The summed E-state index contributed by atoms with van der Waals surface area (Å²) >= 11 is 0. The summed E-state index contributed by atoms with van der Waals surface area (Å²) in [5.41, 5.74) is 5.76. The van der Waals surface area contributed by atoms with Crippen LogP contribution in [-0.4, -0.2) is 20.3 Å². The van der Waals surface area contributed by atoms with Crippen LogP contribution in [0.2, 0.25) is 0 Å². The monoisotopic (exact) mass is 311 g/mol. The Morgan fingerprint density at radius 2 is 1.73 bits per heavy atom. The van der Waals surface area contributed by atoms with Crippen molar-refractivity contribution in [1.82, 2.24) is 0 Å². The molecule has 3 nitrogen and oxygen atoms in total. The lowest BCUT2D eigenvalue weighted by molar-refractivity contribution is -0.137. The molecule has 0 heterocycles. The summed E-state index contributed by atoms with van der Waals surface area (Å²) in [6.07, 6.45) is -4.37. The Hall–Kier alpha value is -2.21. The average molecular weight is 311 g/mol. The molecule has 0 radical (unpaired) electrons. The van der Waals surface area contributed by atoms with E-state index in [0.717, 1.165) is 12.1 Å². The van der Waals surface area contributed by atoms with Crippen LogP contribution < -0.4 is 15.2 Å². The lowest BCUT2D eigenvalue weighted by Gasteiger charge is -2.13. The van der Waals surface area contributed by atoms with Crippen LogP contribution in [-0.2, 0) is 6.18 Å². The van der Waals surface area contributed by atoms with Crippen LogP contribution in [0.1, 0.15) is 5.56 Å². The maximum atomic E-state index is 12.8. The molecular formula is C16H16F3NO2. The van der Waals surface area contributed by atoms with E-state index in [1.807, 2.05) is 0 Å². The van der Waals surface area contributed by atoms with E-state index in [1.54, 1.807) is 24.3 Å².